The highest BCUT2D eigenvalue weighted by Gasteiger charge is 2.12. The van der Waals surface area contributed by atoms with E-state index in [-0.39, 0.29) is 16.2 Å². The molecule has 0 spiro atoms. The van der Waals surface area contributed by atoms with Gasteiger partial charge in [0.25, 0.3) is 16.0 Å². The number of carbonyl (C=O) groups excluding carboxylic acids is 1. The van der Waals surface area contributed by atoms with E-state index >= 15 is 0 Å². The van der Waals surface area contributed by atoms with E-state index in [9.17, 15) is 13.2 Å². The summed E-state index contributed by atoms with van der Waals surface area (Å²) in [6.07, 6.45) is 1.30. The SMILES string of the molecule is Cc1ccccc1N/C=C(/C#N)C(=O)Nc1ccc(S(=O)(=O)O)cc1. The zero-order valence-corrected chi connectivity index (χ0v) is 14.0. The average Bonchev–Trinajstić information content (AvgIpc) is 2.56. The highest BCUT2D eigenvalue weighted by Crippen LogP contribution is 2.16. The van der Waals surface area contributed by atoms with Gasteiger partial charge >= 0.3 is 0 Å². The van der Waals surface area contributed by atoms with E-state index in [2.05, 4.69) is 10.6 Å². The molecular formula is C17H15N3O4S. The Labute approximate surface area is 145 Å². The molecule has 0 unspecified atom stereocenters. The first-order valence-electron chi connectivity index (χ1n) is 7.12. The van der Waals surface area contributed by atoms with E-state index in [0.29, 0.717) is 0 Å². The van der Waals surface area contributed by atoms with Crippen LogP contribution < -0.4 is 10.6 Å². The molecule has 1 amide bonds. The molecule has 25 heavy (non-hydrogen) atoms. The Hall–Kier alpha value is -3.15. The summed E-state index contributed by atoms with van der Waals surface area (Å²) >= 11 is 0. The van der Waals surface area contributed by atoms with Gasteiger partial charge in [-0.25, -0.2) is 0 Å². The van der Waals surface area contributed by atoms with Gasteiger partial charge in [-0.1, -0.05) is 18.2 Å². The van der Waals surface area contributed by atoms with Gasteiger partial charge in [-0.2, -0.15) is 13.7 Å². The second-order valence-corrected chi connectivity index (χ2v) is 6.50. The number of nitrogens with one attached hydrogen (secondary N) is 2. The maximum atomic E-state index is 12.1. The van der Waals surface area contributed by atoms with Gasteiger partial charge in [-0.3, -0.25) is 9.35 Å². The van der Waals surface area contributed by atoms with E-state index in [1.807, 2.05) is 31.2 Å². The van der Waals surface area contributed by atoms with Crippen molar-refractivity contribution in [3.05, 3.63) is 65.9 Å². The number of carbonyl (C=O) groups is 1. The van der Waals surface area contributed by atoms with Gasteiger partial charge in [-0.05, 0) is 42.8 Å². The van der Waals surface area contributed by atoms with Gasteiger partial charge in [0.1, 0.15) is 11.6 Å². The van der Waals surface area contributed by atoms with E-state index in [1.165, 1.54) is 18.3 Å². The van der Waals surface area contributed by atoms with Crippen molar-refractivity contribution in [1.29, 1.82) is 5.26 Å². The maximum Gasteiger partial charge on any atom is 0.294 e. The van der Waals surface area contributed by atoms with Crippen molar-refractivity contribution in [1.82, 2.24) is 0 Å². The van der Waals surface area contributed by atoms with Crippen molar-refractivity contribution >= 4 is 27.4 Å². The van der Waals surface area contributed by atoms with Gasteiger partial charge in [-0.15, -0.1) is 0 Å². The van der Waals surface area contributed by atoms with Crippen LogP contribution in [-0.4, -0.2) is 18.9 Å². The number of para-hydroxylation sites is 1. The maximum absolute atomic E-state index is 12.1. The van der Waals surface area contributed by atoms with Crippen LogP contribution in [-0.2, 0) is 14.9 Å². The molecule has 3 N–H and O–H groups in total. The lowest BCUT2D eigenvalue weighted by molar-refractivity contribution is -0.112. The molecule has 2 aromatic rings. The molecule has 0 aliphatic carbocycles. The van der Waals surface area contributed by atoms with Crippen molar-refractivity contribution in [3.63, 3.8) is 0 Å². The number of hydrogen-bond donors (Lipinski definition) is 3. The van der Waals surface area contributed by atoms with Gasteiger partial charge < -0.3 is 10.6 Å². The molecule has 0 heterocycles. The molecule has 0 aliphatic rings. The second-order valence-electron chi connectivity index (χ2n) is 5.08. The third kappa shape index (κ3) is 4.91. The van der Waals surface area contributed by atoms with Crippen LogP contribution in [0.2, 0.25) is 0 Å². The summed E-state index contributed by atoms with van der Waals surface area (Å²) in [4.78, 5) is 11.8. The molecule has 0 aromatic heterocycles. The fourth-order valence-electron chi connectivity index (χ4n) is 1.94. The fourth-order valence-corrected chi connectivity index (χ4v) is 2.42. The molecule has 2 rings (SSSR count). The van der Waals surface area contributed by atoms with Crippen molar-refractivity contribution in [2.45, 2.75) is 11.8 Å². The Morgan fingerprint density at radius 1 is 1.16 bits per heavy atom. The topological polar surface area (TPSA) is 119 Å². The lowest BCUT2D eigenvalue weighted by Crippen LogP contribution is -2.14. The van der Waals surface area contributed by atoms with E-state index < -0.39 is 16.0 Å². The Balaban J connectivity index is 2.11. The minimum absolute atomic E-state index is 0.151. The van der Waals surface area contributed by atoms with Gasteiger partial charge in [0, 0.05) is 17.6 Å². The Kier molecular flexibility index (Phi) is 5.54. The number of aryl methyl sites for hydroxylation is 1. The summed E-state index contributed by atoms with van der Waals surface area (Å²) in [6, 6.07) is 14.1. The van der Waals surface area contributed by atoms with Crippen molar-refractivity contribution in [3.8, 4) is 6.07 Å². The lowest BCUT2D eigenvalue weighted by Gasteiger charge is -2.07. The van der Waals surface area contributed by atoms with Gasteiger partial charge in [0.05, 0.1) is 4.90 Å². The zero-order valence-electron chi connectivity index (χ0n) is 13.2. The van der Waals surface area contributed by atoms with Crippen LogP contribution in [0.3, 0.4) is 0 Å². The molecule has 0 bridgehead atoms. The largest absolute Gasteiger partial charge is 0.360 e. The van der Waals surface area contributed by atoms with Crippen LogP contribution in [0.4, 0.5) is 11.4 Å². The first-order chi connectivity index (χ1) is 11.8. The molecular weight excluding hydrogens is 342 g/mol. The molecule has 0 saturated heterocycles. The van der Waals surface area contributed by atoms with E-state index in [0.717, 1.165) is 23.4 Å². The molecule has 128 valence electrons. The standard InChI is InChI=1S/C17H15N3O4S/c1-12-4-2-3-5-16(12)19-11-13(10-18)17(21)20-14-6-8-15(9-7-14)25(22,23)24/h2-9,11,19H,1H3,(H,20,21)(H,22,23,24)/b13-11-. The first-order valence-corrected chi connectivity index (χ1v) is 8.56. The van der Waals surface area contributed by atoms with E-state index in [4.69, 9.17) is 9.81 Å². The predicted molar refractivity (Wildman–Crippen MR) is 93.4 cm³/mol. The normalized spacial score (nSPS) is 11.5. The van der Waals surface area contributed by atoms with Crippen LogP contribution in [0.5, 0.6) is 0 Å². The molecule has 2 aromatic carbocycles. The number of nitriles is 1. The second kappa shape index (κ2) is 7.61. The molecule has 0 atom stereocenters. The number of nitrogens with zero attached hydrogens (tertiary/aromatic N) is 1. The van der Waals surface area contributed by atoms with Crippen LogP contribution in [0.1, 0.15) is 5.56 Å². The van der Waals surface area contributed by atoms with Crippen LogP contribution in [0.25, 0.3) is 0 Å². The first kappa shape index (κ1) is 18.2. The van der Waals surface area contributed by atoms with Crippen LogP contribution in [0.15, 0.2) is 65.2 Å². The van der Waals surface area contributed by atoms with Gasteiger partial charge in [0.15, 0.2) is 0 Å². The summed E-state index contributed by atoms with van der Waals surface area (Å²) in [5.74, 6) is -0.650. The predicted octanol–water partition coefficient (Wildman–Crippen LogP) is 2.70. The number of amides is 1. The fraction of sp³-hybridized carbons (Fsp3) is 0.0588. The van der Waals surface area contributed by atoms with Crippen molar-refractivity contribution in [2.24, 2.45) is 0 Å². The lowest BCUT2D eigenvalue weighted by atomic mass is 10.2. The molecule has 7 nitrogen and oxygen atoms in total. The monoisotopic (exact) mass is 357 g/mol. The summed E-state index contributed by atoms with van der Waals surface area (Å²) < 4.78 is 30.9. The Morgan fingerprint density at radius 3 is 2.36 bits per heavy atom. The average molecular weight is 357 g/mol. The minimum atomic E-state index is -4.30. The number of benzene rings is 2. The van der Waals surface area contributed by atoms with Crippen molar-refractivity contribution in [2.75, 3.05) is 10.6 Å². The number of hydrogen-bond acceptors (Lipinski definition) is 5. The zero-order chi connectivity index (χ0) is 18.4. The minimum Gasteiger partial charge on any atom is -0.360 e. The Morgan fingerprint density at radius 2 is 1.80 bits per heavy atom. The molecule has 0 fully saturated rings. The summed E-state index contributed by atoms with van der Waals surface area (Å²) in [6.45, 7) is 1.89. The quantitative estimate of drug-likeness (QED) is 0.430. The highest BCUT2D eigenvalue weighted by atomic mass is 32.2. The van der Waals surface area contributed by atoms with Crippen LogP contribution in [0, 0.1) is 18.3 Å². The third-order valence-electron chi connectivity index (χ3n) is 3.29. The third-order valence-corrected chi connectivity index (χ3v) is 4.16. The number of anilines is 2. The van der Waals surface area contributed by atoms with Crippen molar-refractivity contribution < 1.29 is 17.8 Å². The summed E-state index contributed by atoms with van der Waals surface area (Å²) in [5, 5.41) is 14.5. The van der Waals surface area contributed by atoms with E-state index in [1.54, 1.807) is 6.07 Å². The van der Waals surface area contributed by atoms with Gasteiger partial charge in [0.2, 0.25) is 0 Å². The highest BCUT2D eigenvalue weighted by molar-refractivity contribution is 7.85. The molecule has 8 heteroatoms. The van der Waals surface area contributed by atoms with Crippen LogP contribution >= 0.6 is 0 Å². The smallest absolute Gasteiger partial charge is 0.294 e. The summed E-state index contributed by atoms with van der Waals surface area (Å²) in [7, 11) is -4.30. The number of rotatable bonds is 5. The molecule has 0 saturated carbocycles. The molecule has 0 radical (unpaired) electrons. The Bertz CT molecular complexity index is 958. The molecule has 0 aliphatic heterocycles. The summed E-state index contributed by atoms with van der Waals surface area (Å²) in [5.41, 5.74) is 1.86.